The number of nitrogens with zero attached hydrogens (tertiary/aromatic N) is 1. The van der Waals surface area contributed by atoms with Gasteiger partial charge in [0.25, 0.3) is 0 Å². The van der Waals surface area contributed by atoms with Crippen LogP contribution in [0.3, 0.4) is 0 Å². The molecule has 0 spiro atoms. The molecule has 1 aromatic rings. The molecular formula is C16H26N2O4S2. The van der Waals surface area contributed by atoms with Gasteiger partial charge in [-0.05, 0) is 56.5 Å². The Kier molecular flexibility index (Phi) is 6.06. The SMILES string of the molecule is CCNCC1CCN(S(=O)(=O)c2cc(S(C)(=O)=O)ccc2C)CC1. The number of piperidine rings is 1. The fraction of sp³-hybridized carbons (Fsp3) is 0.625. The van der Waals surface area contributed by atoms with Crippen LogP contribution in [0, 0.1) is 12.8 Å². The zero-order valence-electron chi connectivity index (χ0n) is 14.4. The first-order chi connectivity index (χ1) is 11.2. The van der Waals surface area contributed by atoms with Crippen LogP contribution in [0.2, 0.25) is 0 Å². The first-order valence-electron chi connectivity index (χ1n) is 8.18. The summed E-state index contributed by atoms with van der Waals surface area (Å²) in [6, 6.07) is 4.29. The predicted molar refractivity (Wildman–Crippen MR) is 94.3 cm³/mol. The second kappa shape index (κ2) is 7.51. The maximum Gasteiger partial charge on any atom is 0.243 e. The number of sulfonamides is 1. The molecule has 0 amide bonds. The van der Waals surface area contributed by atoms with E-state index in [9.17, 15) is 16.8 Å². The molecule has 8 heteroatoms. The number of hydrogen-bond acceptors (Lipinski definition) is 5. The van der Waals surface area contributed by atoms with E-state index in [0.29, 0.717) is 24.6 Å². The molecule has 1 fully saturated rings. The zero-order valence-corrected chi connectivity index (χ0v) is 16.1. The summed E-state index contributed by atoms with van der Waals surface area (Å²) >= 11 is 0. The van der Waals surface area contributed by atoms with E-state index in [0.717, 1.165) is 32.2 Å². The van der Waals surface area contributed by atoms with Gasteiger partial charge in [-0.25, -0.2) is 16.8 Å². The van der Waals surface area contributed by atoms with Crippen molar-refractivity contribution in [2.45, 2.75) is 36.5 Å². The Labute approximate surface area is 145 Å². The number of benzene rings is 1. The van der Waals surface area contributed by atoms with E-state index >= 15 is 0 Å². The summed E-state index contributed by atoms with van der Waals surface area (Å²) in [5, 5.41) is 3.30. The molecule has 0 bridgehead atoms. The maximum absolute atomic E-state index is 12.9. The standard InChI is InChI=1S/C16H26N2O4S2/c1-4-17-12-14-7-9-18(10-8-14)24(21,22)16-11-15(23(3,19)20)6-5-13(16)2/h5-6,11,14,17H,4,7-10,12H2,1-3H3. The summed E-state index contributed by atoms with van der Waals surface area (Å²) in [5.74, 6) is 0.486. The summed E-state index contributed by atoms with van der Waals surface area (Å²) in [6.45, 7) is 6.51. The molecule has 2 rings (SSSR count). The Morgan fingerprint density at radius 3 is 2.33 bits per heavy atom. The van der Waals surface area contributed by atoms with Crippen molar-refractivity contribution in [3.8, 4) is 0 Å². The van der Waals surface area contributed by atoms with Crippen LogP contribution < -0.4 is 5.32 Å². The average molecular weight is 375 g/mol. The van der Waals surface area contributed by atoms with Gasteiger partial charge >= 0.3 is 0 Å². The van der Waals surface area contributed by atoms with E-state index in [1.165, 1.54) is 16.4 Å². The van der Waals surface area contributed by atoms with Crippen molar-refractivity contribution < 1.29 is 16.8 Å². The summed E-state index contributed by atoms with van der Waals surface area (Å²) in [4.78, 5) is 0.129. The summed E-state index contributed by atoms with van der Waals surface area (Å²) in [7, 11) is -7.11. The Morgan fingerprint density at radius 2 is 1.79 bits per heavy atom. The molecular weight excluding hydrogens is 348 g/mol. The average Bonchev–Trinajstić information content (AvgIpc) is 2.52. The van der Waals surface area contributed by atoms with Gasteiger partial charge in [-0.1, -0.05) is 13.0 Å². The second-order valence-electron chi connectivity index (χ2n) is 6.35. The smallest absolute Gasteiger partial charge is 0.243 e. The Morgan fingerprint density at radius 1 is 1.17 bits per heavy atom. The minimum atomic E-state index is -3.67. The van der Waals surface area contributed by atoms with E-state index in [-0.39, 0.29) is 9.79 Å². The van der Waals surface area contributed by atoms with Crippen LogP contribution in [0.25, 0.3) is 0 Å². The van der Waals surface area contributed by atoms with Gasteiger partial charge in [-0.2, -0.15) is 4.31 Å². The molecule has 0 atom stereocenters. The van der Waals surface area contributed by atoms with E-state index in [1.54, 1.807) is 13.0 Å². The van der Waals surface area contributed by atoms with E-state index in [2.05, 4.69) is 12.2 Å². The van der Waals surface area contributed by atoms with Crippen LogP contribution in [-0.4, -0.2) is 53.6 Å². The lowest BCUT2D eigenvalue weighted by molar-refractivity contribution is 0.268. The highest BCUT2D eigenvalue weighted by Crippen LogP contribution is 2.27. The van der Waals surface area contributed by atoms with Gasteiger partial charge in [-0.15, -0.1) is 0 Å². The Bertz CT molecular complexity index is 780. The minimum Gasteiger partial charge on any atom is -0.317 e. The highest BCUT2D eigenvalue weighted by molar-refractivity contribution is 7.91. The minimum absolute atomic E-state index is 0.0358. The largest absolute Gasteiger partial charge is 0.317 e. The second-order valence-corrected chi connectivity index (χ2v) is 10.3. The molecule has 1 aliphatic rings. The first-order valence-corrected chi connectivity index (χ1v) is 11.5. The van der Waals surface area contributed by atoms with Crippen LogP contribution in [0.5, 0.6) is 0 Å². The number of nitrogens with one attached hydrogen (secondary N) is 1. The zero-order chi connectivity index (χ0) is 18.0. The van der Waals surface area contributed by atoms with Crippen molar-refractivity contribution in [2.75, 3.05) is 32.4 Å². The molecule has 0 radical (unpaired) electrons. The normalized spacial score (nSPS) is 18.0. The van der Waals surface area contributed by atoms with Gasteiger partial charge in [0, 0.05) is 19.3 Å². The third-order valence-electron chi connectivity index (χ3n) is 4.46. The van der Waals surface area contributed by atoms with Crippen molar-refractivity contribution in [3.05, 3.63) is 23.8 Å². The van der Waals surface area contributed by atoms with E-state index < -0.39 is 19.9 Å². The predicted octanol–water partition coefficient (Wildman–Crippen LogP) is 1.41. The summed E-state index contributed by atoms with van der Waals surface area (Å²) < 4.78 is 50.8. The van der Waals surface area contributed by atoms with Crippen LogP contribution in [0.1, 0.15) is 25.3 Å². The Balaban J connectivity index is 2.23. The van der Waals surface area contributed by atoms with Crippen LogP contribution >= 0.6 is 0 Å². The molecule has 1 aromatic carbocycles. The van der Waals surface area contributed by atoms with Gasteiger partial charge in [-0.3, -0.25) is 0 Å². The molecule has 1 N–H and O–H groups in total. The molecule has 0 unspecified atom stereocenters. The number of sulfone groups is 1. The van der Waals surface area contributed by atoms with Crippen molar-refractivity contribution in [1.82, 2.24) is 9.62 Å². The molecule has 24 heavy (non-hydrogen) atoms. The van der Waals surface area contributed by atoms with Crippen LogP contribution in [0.4, 0.5) is 0 Å². The first kappa shape index (κ1) is 19.4. The van der Waals surface area contributed by atoms with E-state index in [1.807, 2.05) is 0 Å². The van der Waals surface area contributed by atoms with Crippen LogP contribution in [-0.2, 0) is 19.9 Å². The summed E-state index contributed by atoms with van der Waals surface area (Å²) in [5.41, 5.74) is 0.567. The van der Waals surface area contributed by atoms with Gasteiger partial charge in [0.1, 0.15) is 0 Å². The third kappa shape index (κ3) is 4.36. The van der Waals surface area contributed by atoms with Gasteiger partial charge < -0.3 is 5.32 Å². The summed E-state index contributed by atoms with van der Waals surface area (Å²) in [6.07, 6.45) is 2.72. The third-order valence-corrected chi connectivity index (χ3v) is 7.61. The van der Waals surface area contributed by atoms with Gasteiger partial charge in [0.15, 0.2) is 9.84 Å². The molecule has 0 aromatic heterocycles. The fourth-order valence-electron chi connectivity index (χ4n) is 2.93. The topological polar surface area (TPSA) is 83.6 Å². The molecule has 0 saturated carbocycles. The highest BCUT2D eigenvalue weighted by Gasteiger charge is 2.30. The molecule has 136 valence electrons. The molecule has 1 heterocycles. The molecule has 6 nitrogen and oxygen atoms in total. The molecule has 1 saturated heterocycles. The van der Waals surface area contributed by atoms with Gasteiger partial charge in [0.05, 0.1) is 9.79 Å². The Hall–Kier alpha value is -0.960. The van der Waals surface area contributed by atoms with E-state index in [4.69, 9.17) is 0 Å². The quantitative estimate of drug-likeness (QED) is 0.814. The highest BCUT2D eigenvalue weighted by atomic mass is 32.2. The number of hydrogen-bond donors (Lipinski definition) is 1. The lowest BCUT2D eigenvalue weighted by atomic mass is 9.98. The molecule has 1 aliphatic heterocycles. The van der Waals surface area contributed by atoms with Crippen molar-refractivity contribution >= 4 is 19.9 Å². The van der Waals surface area contributed by atoms with Gasteiger partial charge in [0.2, 0.25) is 10.0 Å². The number of rotatable bonds is 6. The van der Waals surface area contributed by atoms with Crippen molar-refractivity contribution in [2.24, 2.45) is 5.92 Å². The lowest BCUT2D eigenvalue weighted by Gasteiger charge is -2.31. The lowest BCUT2D eigenvalue weighted by Crippen LogP contribution is -2.41. The molecule has 0 aliphatic carbocycles. The maximum atomic E-state index is 12.9. The fourth-order valence-corrected chi connectivity index (χ4v) is 5.37. The van der Waals surface area contributed by atoms with Crippen molar-refractivity contribution in [3.63, 3.8) is 0 Å². The van der Waals surface area contributed by atoms with Crippen molar-refractivity contribution in [1.29, 1.82) is 0 Å². The monoisotopic (exact) mass is 374 g/mol. The van der Waals surface area contributed by atoms with Crippen LogP contribution in [0.15, 0.2) is 28.0 Å². The number of aryl methyl sites for hydroxylation is 1.